The van der Waals surface area contributed by atoms with Crippen LogP contribution in [0.3, 0.4) is 0 Å². The smallest absolute Gasteiger partial charge is 0.240 e. The van der Waals surface area contributed by atoms with Crippen LogP contribution in [0.1, 0.15) is 22.5 Å². The predicted molar refractivity (Wildman–Crippen MR) is 97.3 cm³/mol. The van der Waals surface area contributed by atoms with Crippen LogP contribution < -0.4 is 9.62 Å². The van der Waals surface area contributed by atoms with Crippen molar-refractivity contribution in [2.75, 3.05) is 18.5 Å². The summed E-state index contributed by atoms with van der Waals surface area (Å²) >= 11 is 0. The van der Waals surface area contributed by atoms with Gasteiger partial charge >= 0.3 is 0 Å². The molecule has 25 heavy (non-hydrogen) atoms. The van der Waals surface area contributed by atoms with Gasteiger partial charge in [-0.1, -0.05) is 0 Å². The van der Waals surface area contributed by atoms with E-state index in [0.717, 1.165) is 28.2 Å². The highest BCUT2D eigenvalue weighted by atomic mass is 32.2. The Morgan fingerprint density at radius 1 is 1.16 bits per heavy atom. The van der Waals surface area contributed by atoms with Gasteiger partial charge in [0.2, 0.25) is 15.9 Å². The van der Waals surface area contributed by atoms with Gasteiger partial charge in [0.05, 0.1) is 11.3 Å². The molecule has 2 heterocycles. The summed E-state index contributed by atoms with van der Waals surface area (Å²) in [5.41, 5.74) is 4.98. The van der Waals surface area contributed by atoms with E-state index in [2.05, 4.69) is 15.4 Å². The number of sulfonamides is 1. The standard InChI is InChI=1S/C18H23N3O3S/c1-12-9-14(13(2)20(12)3)7-8-19-25(23,24)16-5-6-17-15(10-16)11-18(22)21(17)4/h5-6,9-10,19H,7-8,11H2,1-4H3. The zero-order chi connectivity index (χ0) is 18.4. The maximum atomic E-state index is 12.5. The predicted octanol–water partition coefficient (Wildman–Crippen LogP) is 1.68. The largest absolute Gasteiger partial charge is 0.352 e. The molecule has 0 aliphatic carbocycles. The molecule has 1 aliphatic rings. The van der Waals surface area contributed by atoms with Crippen LogP contribution in [0.2, 0.25) is 0 Å². The molecule has 0 unspecified atom stereocenters. The summed E-state index contributed by atoms with van der Waals surface area (Å²) < 4.78 is 29.8. The van der Waals surface area contributed by atoms with Crippen molar-refractivity contribution in [1.82, 2.24) is 9.29 Å². The topological polar surface area (TPSA) is 71.4 Å². The van der Waals surface area contributed by atoms with Crippen molar-refractivity contribution in [3.05, 3.63) is 46.8 Å². The Kier molecular flexibility index (Phi) is 4.47. The molecule has 0 atom stereocenters. The number of anilines is 1. The fourth-order valence-electron chi connectivity index (χ4n) is 3.20. The minimum Gasteiger partial charge on any atom is -0.352 e. The molecule has 1 aromatic carbocycles. The number of benzene rings is 1. The molecule has 1 aromatic heterocycles. The van der Waals surface area contributed by atoms with Gasteiger partial charge in [-0.15, -0.1) is 0 Å². The number of aromatic nitrogens is 1. The van der Waals surface area contributed by atoms with Crippen molar-refractivity contribution in [2.45, 2.75) is 31.6 Å². The number of hydrogen-bond donors (Lipinski definition) is 1. The highest BCUT2D eigenvalue weighted by Crippen LogP contribution is 2.29. The lowest BCUT2D eigenvalue weighted by Gasteiger charge is -2.11. The maximum absolute atomic E-state index is 12.5. The second-order valence-corrected chi connectivity index (χ2v) is 8.29. The molecular weight excluding hydrogens is 338 g/mol. The van der Waals surface area contributed by atoms with Gasteiger partial charge in [0.15, 0.2) is 0 Å². The van der Waals surface area contributed by atoms with Crippen molar-refractivity contribution < 1.29 is 13.2 Å². The fraction of sp³-hybridized carbons (Fsp3) is 0.389. The molecule has 7 heteroatoms. The van der Waals surface area contributed by atoms with Gasteiger partial charge in [-0.05, 0) is 55.7 Å². The third-order valence-corrected chi connectivity index (χ3v) is 6.46. The van der Waals surface area contributed by atoms with Crippen LogP contribution in [0.4, 0.5) is 5.69 Å². The highest BCUT2D eigenvalue weighted by molar-refractivity contribution is 7.89. The molecule has 1 N–H and O–H groups in total. The minimum atomic E-state index is -3.59. The van der Waals surface area contributed by atoms with E-state index >= 15 is 0 Å². The number of fused-ring (bicyclic) bond motifs is 1. The summed E-state index contributed by atoms with van der Waals surface area (Å²) in [5, 5.41) is 0. The van der Waals surface area contributed by atoms with E-state index in [-0.39, 0.29) is 17.2 Å². The normalized spacial score (nSPS) is 14.2. The van der Waals surface area contributed by atoms with Gasteiger partial charge < -0.3 is 9.47 Å². The molecular formula is C18H23N3O3S. The molecule has 0 saturated heterocycles. The number of carbonyl (C=O) groups excluding carboxylic acids is 1. The molecule has 1 amide bonds. The first-order valence-electron chi connectivity index (χ1n) is 8.21. The third-order valence-electron chi connectivity index (χ3n) is 5.00. The Morgan fingerprint density at radius 3 is 2.52 bits per heavy atom. The van der Waals surface area contributed by atoms with Gasteiger partial charge in [0.25, 0.3) is 0 Å². The Labute approximate surface area is 148 Å². The van der Waals surface area contributed by atoms with Gasteiger partial charge in [-0.25, -0.2) is 13.1 Å². The Bertz CT molecular complexity index is 945. The van der Waals surface area contributed by atoms with Gasteiger partial charge in [0, 0.05) is 37.7 Å². The van der Waals surface area contributed by atoms with E-state index in [1.54, 1.807) is 30.1 Å². The van der Waals surface area contributed by atoms with Gasteiger partial charge in [-0.3, -0.25) is 4.79 Å². The Balaban J connectivity index is 1.71. The minimum absolute atomic E-state index is 0.0209. The number of rotatable bonds is 5. The van der Waals surface area contributed by atoms with Crippen LogP contribution in [-0.4, -0.2) is 32.5 Å². The zero-order valence-electron chi connectivity index (χ0n) is 15.0. The van der Waals surface area contributed by atoms with Crippen molar-refractivity contribution in [3.63, 3.8) is 0 Å². The van der Waals surface area contributed by atoms with Gasteiger partial charge in [-0.2, -0.15) is 0 Å². The van der Waals surface area contributed by atoms with Crippen LogP contribution in [0.5, 0.6) is 0 Å². The number of amides is 1. The summed E-state index contributed by atoms with van der Waals surface area (Å²) in [6, 6.07) is 6.92. The summed E-state index contributed by atoms with van der Waals surface area (Å²) in [5.74, 6) is -0.0209. The molecule has 2 aromatic rings. The lowest BCUT2D eigenvalue weighted by Crippen LogP contribution is -2.26. The molecule has 0 bridgehead atoms. The second kappa shape index (κ2) is 6.31. The van der Waals surface area contributed by atoms with E-state index in [1.165, 1.54) is 0 Å². The highest BCUT2D eigenvalue weighted by Gasteiger charge is 2.26. The van der Waals surface area contributed by atoms with Crippen LogP contribution >= 0.6 is 0 Å². The number of hydrogen-bond acceptors (Lipinski definition) is 3. The summed E-state index contributed by atoms with van der Waals surface area (Å²) in [7, 11) is 0.111. The molecule has 1 aliphatic heterocycles. The lowest BCUT2D eigenvalue weighted by atomic mass is 10.2. The first-order chi connectivity index (χ1) is 11.7. The molecule has 0 fully saturated rings. The Hall–Kier alpha value is -2.12. The first kappa shape index (κ1) is 17.7. The quantitative estimate of drug-likeness (QED) is 0.881. The lowest BCUT2D eigenvalue weighted by molar-refractivity contribution is -0.117. The van der Waals surface area contributed by atoms with Crippen molar-refractivity contribution in [3.8, 4) is 0 Å². The average molecular weight is 361 g/mol. The Morgan fingerprint density at radius 2 is 1.88 bits per heavy atom. The number of nitrogens with zero attached hydrogens (tertiary/aromatic N) is 2. The monoisotopic (exact) mass is 361 g/mol. The number of aryl methyl sites for hydroxylation is 1. The summed E-state index contributed by atoms with van der Waals surface area (Å²) in [4.78, 5) is 13.5. The van der Waals surface area contributed by atoms with Crippen LogP contribution in [0.15, 0.2) is 29.2 Å². The van der Waals surface area contributed by atoms with E-state index < -0.39 is 10.0 Å². The first-order valence-corrected chi connectivity index (χ1v) is 9.70. The molecule has 6 nitrogen and oxygen atoms in total. The SMILES string of the molecule is Cc1cc(CCNS(=O)(=O)c2ccc3c(c2)CC(=O)N3C)c(C)n1C. The molecule has 0 saturated carbocycles. The maximum Gasteiger partial charge on any atom is 0.240 e. The van der Waals surface area contributed by atoms with Crippen molar-refractivity contribution >= 4 is 21.6 Å². The second-order valence-electron chi connectivity index (χ2n) is 6.52. The van der Waals surface area contributed by atoms with Crippen molar-refractivity contribution in [1.29, 1.82) is 0 Å². The van der Waals surface area contributed by atoms with Crippen molar-refractivity contribution in [2.24, 2.45) is 7.05 Å². The fourth-order valence-corrected chi connectivity index (χ4v) is 4.29. The van der Waals surface area contributed by atoms with Crippen LogP contribution in [0, 0.1) is 13.8 Å². The number of nitrogens with one attached hydrogen (secondary N) is 1. The van der Waals surface area contributed by atoms with E-state index in [9.17, 15) is 13.2 Å². The third kappa shape index (κ3) is 3.21. The number of likely N-dealkylation sites (N-methyl/N-ethyl adjacent to an activating group) is 1. The van der Waals surface area contributed by atoms with E-state index in [4.69, 9.17) is 0 Å². The van der Waals surface area contributed by atoms with Crippen LogP contribution in [0.25, 0.3) is 0 Å². The van der Waals surface area contributed by atoms with E-state index in [1.807, 2.05) is 20.9 Å². The summed E-state index contributed by atoms with van der Waals surface area (Å²) in [6.07, 6.45) is 0.886. The number of carbonyl (C=O) groups is 1. The van der Waals surface area contributed by atoms with Crippen LogP contribution in [-0.2, 0) is 34.7 Å². The zero-order valence-corrected chi connectivity index (χ0v) is 15.8. The summed E-state index contributed by atoms with van der Waals surface area (Å²) in [6.45, 7) is 4.40. The molecule has 0 spiro atoms. The molecule has 0 radical (unpaired) electrons. The van der Waals surface area contributed by atoms with E-state index in [0.29, 0.717) is 13.0 Å². The molecule has 3 rings (SSSR count). The average Bonchev–Trinajstić information content (AvgIpc) is 2.98. The van der Waals surface area contributed by atoms with Gasteiger partial charge in [0.1, 0.15) is 0 Å². The molecule has 134 valence electrons.